The van der Waals surface area contributed by atoms with E-state index >= 15 is 0 Å². The second kappa shape index (κ2) is 7.86. The van der Waals surface area contributed by atoms with Crippen molar-refractivity contribution in [3.05, 3.63) is 35.4 Å². The first kappa shape index (κ1) is 17.8. The molecule has 1 unspecified atom stereocenters. The second-order valence-corrected chi connectivity index (χ2v) is 6.01. The first-order valence-electron chi connectivity index (χ1n) is 8.12. The van der Waals surface area contributed by atoms with Crippen molar-refractivity contribution in [2.75, 3.05) is 6.54 Å². The topological polar surface area (TPSA) is 91.8 Å². The molecule has 128 valence electrons. The maximum Gasteiger partial charge on any atom is 0.314 e. The highest BCUT2D eigenvalue weighted by molar-refractivity contribution is 6.21. The van der Waals surface area contributed by atoms with E-state index in [2.05, 4.69) is 0 Å². The van der Waals surface area contributed by atoms with Gasteiger partial charge in [0.25, 0.3) is 11.8 Å². The molecule has 1 aromatic rings. The Morgan fingerprint density at radius 3 is 2.04 bits per heavy atom. The van der Waals surface area contributed by atoms with Crippen LogP contribution in [-0.2, 0) is 9.59 Å². The number of fused-ring (bicyclic) bond motifs is 1. The predicted octanol–water partition coefficient (Wildman–Crippen LogP) is 2.52. The number of ketones is 1. The Morgan fingerprint density at radius 1 is 1.00 bits per heavy atom. The van der Waals surface area contributed by atoms with E-state index in [1.54, 1.807) is 24.3 Å². The molecule has 0 fully saturated rings. The molecule has 0 radical (unpaired) electrons. The number of unbranched alkanes of at least 4 members (excludes halogenated alkanes) is 3. The minimum absolute atomic E-state index is 0.252. The molecular weight excluding hydrogens is 310 g/mol. The maximum absolute atomic E-state index is 12.2. The summed E-state index contributed by atoms with van der Waals surface area (Å²) in [4.78, 5) is 47.7. The van der Waals surface area contributed by atoms with Crippen LogP contribution < -0.4 is 0 Å². The third-order valence-electron chi connectivity index (χ3n) is 4.29. The first-order chi connectivity index (χ1) is 11.4. The van der Waals surface area contributed by atoms with Gasteiger partial charge in [-0.25, -0.2) is 0 Å². The van der Waals surface area contributed by atoms with E-state index in [4.69, 9.17) is 5.11 Å². The predicted molar refractivity (Wildman–Crippen MR) is 86.7 cm³/mol. The summed E-state index contributed by atoms with van der Waals surface area (Å²) < 4.78 is 0. The van der Waals surface area contributed by atoms with Crippen LogP contribution in [0.5, 0.6) is 0 Å². The van der Waals surface area contributed by atoms with E-state index in [0.717, 1.165) is 12.8 Å². The lowest BCUT2D eigenvalue weighted by atomic mass is 9.97. The summed E-state index contributed by atoms with van der Waals surface area (Å²) in [7, 11) is 0. The average molecular weight is 331 g/mol. The van der Waals surface area contributed by atoms with Gasteiger partial charge in [-0.1, -0.05) is 31.4 Å². The van der Waals surface area contributed by atoms with E-state index in [-0.39, 0.29) is 17.6 Å². The molecule has 1 aliphatic rings. The molecule has 1 heterocycles. The third-order valence-corrected chi connectivity index (χ3v) is 4.29. The molecule has 2 rings (SSSR count). The number of hydrogen-bond acceptors (Lipinski definition) is 4. The van der Waals surface area contributed by atoms with Crippen LogP contribution in [0.2, 0.25) is 0 Å². The molecule has 6 nitrogen and oxygen atoms in total. The molecule has 1 atom stereocenters. The lowest BCUT2D eigenvalue weighted by Crippen LogP contribution is -2.30. The van der Waals surface area contributed by atoms with Gasteiger partial charge in [0.2, 0.25) is 0 Å². The van der Waals surface area contributed by atoms with Crippen LogP contribution in [0.25, 0.3) is 0 Å². The quantitative estimate of drug-likeness (QED) is 0.426. The third kappa shape index (κ3) is 3.88. The molecular formula is C18H21NO5. The van der Waals surface area contributed by atoms with E-state index in [9.17, 15) is 19.2 Å². The van der Waals surface area contributed by atoms with E-state index in [1.807, 2.05) is 0 Å². The summed E-state index contributed by atoms with van der Waals surface area (Å²) in [6.45, 7) is 1.66. The zero-order valence-electron chi connectivity index (χ0n) is 13.7. The molecule has 0 saturated heterocycles. The van der Waals surface area contributed by atoms with Gasteiger partial charge in [-0.3, -0.25) is 24.1 Å². The minimum Gasteiger partial charge on any atom is -0.481 e. The Morgan fingerprint density at radius 2 is 1.54 bits per heavy atom. The summed E-state index contributed by atoms with van der Waals surface area (Å²) in [6, 6.07) is 6.79. The smallest absolute Gasteiger partial charge is 0.314 e. The highest BCUT2D eigenvalue weighted by Crippen LogP contribution is 2.23. The number of imide groups is 1. The standard InChI is InChI=1S/C18H21NO5/c1-12(20)13(18(23)24)8-4-2-3-7-11-19-16(21)14-9-5-6-10-15(14)17(19)22/h5-6,9-10,13H,2-4,7-8,11H2,1H3,(H,23,24). The van der Waals surface area contributed by atoms with Crippen LogP contribution in [0.15, 0.2) is 24.3 Å². The molecule has 6 heteroatoms. The summed E-state index contributed by atoms with van der Waals surface area (Å²) in [5, 5.41) is 8.93. The summed E-state index contributed by atoms with van der Waals surface area (Å²) >= 11 is 0. The lowest BCUT2D eigenvalue weighted by Gasteiger charge is -2.13. The zero-order chi connectivity index (χ0) is 17.7. The van der Waals surface area contributed by atoms with Crippen LogP contribution in [0.3, 0.4) is 0 Å². The lowest BCUT2D eigenvalue weighted by molar-refractivity contribution is -0.146. The van der Waals surface area contributed by atoms with Gasteiger partial charge in [-0.05, 0) is 31.9 Å². The van der Waals surface area contributed by atoms with Gasteiger partial charge in [0.1, 0.15) is 11.7 Å². The van der Waals surface area contributed by atoms with Crippen LogP contribution in [-0.4, -0.2) is 40.1 Å². The first-order valence-corrected chi connectivity index (χ1v) is 8.12. The van der Waals surface area contributed by atoms with Crippen molar-refractivity contribution >= 4 is 23.6 Å². The molecule has 24 heavy (non-hydrogen) atoms. The maximum atomic E-state index is 12.2. The number of hydrogen-bond donors (Lipinski definition) is 1. The Hall–Kier alpha value is -2.50. The molecule has 0 aliphatic carbocycles. The average Bonchev–Trinajstić information content (AvgIpc) is 2.78. The van der Waals surface area contributed by atoms with Crippen molar-refractivity contribution in [3.8, 4) is 0 Å². The van der Waals surface area contributed by atoms with Crippen molar-refractivity contribution in [3.63, 3.8) is 0 Å². The van der Waals surface area contributed by atoms with Gasteiger partial charge < -0.3 is 5.11 Å². The van der Waals surface area contributed by atoms with Gasteiger partial charge in [0.05, 0.1) is 11.1 Å². The van der Waals surface area contributed by atoms with E-state index < -0.39 is 11.9 Å². The van der Waals surface area contributed by atoms with Crippen LogP contribution in [0.1, 0.15) is 59.7 Å². The fourth-order valence-corrected chi connectivity index (χ4v) is 2.91. The largest absolute Gasteiger partial charge is 0.481 e. The highest BCUT2D eigenvalue weighted by Gasteiger charge is 2.34. The van der Waals surface area contributed by atoms with Crippen molar-refractivity contribution in [2.45, 2.75) is 39.0 Å². The molecule has 2 amide bonds. The van der Waals surface area contributed by atoms with Gasteiger partial charge in [-0.15, -0.1) is 0 Å². The Kier molecular flexibility index (Phi) is 5.84. The number of benzene rings is 1. The van der Waals surface area contributed by atoms with Crippen molar-refractivity contribution in [1.29, 1.82) is 0 Å². The molecule has 0 saturated carbocycles. The molecule has 0 aromatic heterocycles. The van der Waals surface area contributed by atoms with Crippen molar-refractivity contribution in [1.82, 2.24) is 4.90 Å². The summed E-state index contributed by atoms with van der Waals surface area (Å²) in [6.07, 6.45) is 3.18. The number of carboxylic acids is 1. The number of rotatable bonds is 9. The van der Waals surface area contributed by atoms with Gasteiger partial charge >= 0.3 is 5.97 Å². The molecule has 0 bridgehead atoms. The van der Waals surface area contributed by atoms with Crippen molar-refractivity contribution in [2.24, 2.45) is 5.92 Å². The Labute approximate surface area is 140 Å². The molecule has 1 aliphatic heterocycles. The zero-order valence-corrected chi connectivity index (χ0v) is 13.7. The second-order valence-electron chi connectivity index (χ2n) is 6.01. The number of nitrogens with zero attached hydrogens (tertiary/aromatic N) is 1. The van der Waals surface area contributed by atoms with E-state index in [0.29, 0.717) is 36.9 Å². The van der Waals surface area contributed by atoms with Crippen LogP contribution >= 0.6 is 0 Å². The monoisotopic (exact) mass is 331 g/mol. The van der Waals surface area contributed by atoms with Gasteiger partial charge in [-0.2, -0.15) is 0 Å². The van der Waals surface area contributed by atoms with E-state index in [1.165, 1.54) is 11.8 Å². The van der Waals surface area contributed by atoms with Gasteiger partial charge in [0.15, 0.2) is 0 Å². The molecule has 0 spiro atoms. The van der Waals surface area contributed by atoms with Crippen molar-refractivity contribution < 1.29 is 24.3 Å². The number of aliphatic carboxylic acids is 1. The number of carbonyl (C=O) groups is 4. The molecule has 1 aromatic carbocycles. The minimum atomic E-state index is -1.08. The number of carboxylic acid groups (broad SMARTS) is 1. The summed E-state index contributed by atoms with van der Waals surface area (Å²) in [5.74, 6) is -2.83. The fraction of sp³-hybridized carbons (Fsp3) is 0.444. The van der Waals surface area contributed by atoms with Crippen LogP contribution in [0.4, 0.5) is 0 Å². The number of Topliss-reactive ketones (excluding diaryl/α,β-unsaturated/α-hetero) is 1. The number of amides is 2. The normalized spacial score (nSPS) is 14.6. The summed E-state index contributed by atoms with van der Waals surface area (Å²) in [5.41, 5.74) is 0.904. The number of carbonyl (C=O) groups excluding carboxylic acids is 3. The highest BCUT2D eigenvalue weighted by atomic mass is 16.4. The Bertz CT molecular complexity index is 618. The SMILES string of the molecule is CC(=O)C(CCCCCCN1C(=O)c2ccccc2C1=O)C(=O)O. The van der Waals surface area contributed by atoms with Crippen LogP contribution in [0, 0.1) is 5.92 Å². The Balaban J connectivity index is 1.72. The van der Waals surface area contributed by atoms with Gasteiger partial charge in [0, 0.05) is 6.54 Å². The fourth-order valence-electron chi connectivity index (χ4n) is 2.91. The molecule has 1 N–H and O–H groups in total.